The third-order valence-corrected chi connectivity index (χ3v) is 4.74. The fourth-order valence-electron chi connectivity index (χ4n) is 1.78. The Morgan fingerprint density at radius 3 is 2.63 bits per heavy atom. The molecule has 1 nitrogen and oxygen atoms in total. The largest absolute Gasteiger partial charge is 0.328 e. The van der Waals surface area contributed by atoms with Gasteiger partial charge in [0.05, 0.1) is 5.02 Å². The highest BCUT2D eigenvalue weighted by atomic mass is 79.9. The van der Waals surface area contributed by atoms with E-state index in [-0.39, 0.29) is 6.04 Å². The van der Waals surface area contributed by atoms with Gasteiger partial charge in [-0.1, -0.05) is 57.5 Å². The van der Waals surface area contributed by atoms with Crippen molar-refractivity contribution < 1.29 is 0 Å². The van der Waals surface area contributed by atoms with Crippen molar-refractivity contribution in [3.05, 3.63) is 57.5 Å². The summed E-state index contributed by atoms with van der Waals surface area (Å²) >= 11 is 11.4. The summed E-state index contributed by atoms with van der Waals surface area (Å²) in [5, 5.41) is 0.777. The molecule has 0 radical (unpaired) electrons. The normalized spacial score (nSPS) is 12.4. The first-order valence-electron chi connectivity index (χ1n) is 6.02. The highest BCUT2D eigenvalue weighted by Crippen LogP contribution is 2.36. The molecule has 0 aliphatic rings. The van der Waals surface area contributed by atoms with E-state index in [1.54, 1.807) is 11.8 Å². The number of rotatable bonds is 4. The SMILES string of the molecule is CC(N)Cc1ccc(Br)cc1Sc1ccccc1Cl. The van der Waals surface area contributed by atoms with Gasteiger partial charge in [-0.05, 0) is 43.2 Å². The lowest BCUT2D eigenvalue weighted by atomic mass is 10.1. The molecule has 2 rings (SSSR count). The van der Waals surface area contributed by atoms with Gasteiger partial charge in [0.25, 0.3) is 0 Å². The molecule has 100 valence electrons. The number of halogens is 2. The molecule has 2 N–H and O–H groups in total. The van der Waals surface area contributed by atoms with E-state index < -0.39 is 0 Å². The summed E-state index contributed by atoms with van der Waals surface area (Å²) in [7, 11) is 0. The topological polar surface area (TPSA) is 26.0 Å². The fourth-order valence-corrected chi connectivity index (χ4v) is 3.57. The first-order chi connectivity index (χ1) is 9.06. The molecule has 0 spiro atoms. The zero-order valence-corrected chi connectivity index (χ0v) is 13.7. The number of nitrogens with two attached hydrogens (primary N) is 1. The van der Waals surface area contributed by atoms with Crippen molar-refractivity contribution in [1.82, 2.24) is 0 Å². The second-order valence-corrected chi connectivity index (χ2v) is 6.87. The van der Waals surface area contributed by atoms with Gasteiger partial charge in [0.2, 0.25) is 0 Å². The molecule has 0 aliphatic carbocycles. The molecule has 0 aliphatic heterocycles. The summed E-state index contributed by atoms with van der Waals surface area (Å²) in [5.41, 5.74) is 7.16. The van der Waals surface area contributed by atoms with Crippen molar-refractivity contribution in [3.63, 3.8) is 0 Å². The molecule has 0 saturated heterocycles. The maximum atomic E-state index is 6.21. The number of hydrogen-bond acceptors (Lipinski definition) is 2. The van der Waals surface area contributed by atoms with Crippen LogP contribution in [0.25, 0.3) is 0 Å². The van der Waals surface area contributed by atoms with Gasteiger partial charge in [-0.3, -0.25) is 0 Å². The lowest BCUT2D eigenvalue weighted by molar-refractivity contribution is 0.729. The highest BCUT2D eigenvalue weighted by molar-refractivity contribution is 9.10. The van der Waals surface area contributed by atoms with Crippen molar-refractivity contribution in [2.45, 2.75) is 29.2 Å². The van der Waals surface area contributed by atoms with E-state index in [1.807, 2.05) is 37.3 Å². The Hall–Kier alpha value is -0.480. The summed E-state index contributed by atoms with van der Waals surface area (Å²) in [4.78, 5) is 2.26. The van der Waals surface area contributed by atoms with Gasteiger partial charge in [0, 0.05) is 20.3 Å². The molecule has 2 aromatic rings. The predicted molar refractivity (Wildman–Crippen MR) is 87.1 cm³/mol. The molecule has 1 atom stereocenters. The van der Waals surface area contributed by atoms with Gasteiger partial charge in [-0.25, -0.2) is 0 Å². The first kappa shape index (κ1) is 14.9. The molecule has 0 amide bonds. The van der Waals surface area contributed by atoms with Crippen molar-refractivity contribution >= 4 is 39.3 Å². The Bertz CT molecular complexity index is 572. The van der Waals surface area contributed by atoms with Crippen LogP contribution < -0.4 is 5.73 Å². The van der Waals surface area contributed by atoms with Crippen LogP contribution in [0, 0.1) is 0 Å². The Balaban J connectivity index is 2.33. The van der Waals surface area contributed by atoms with E-state index >= 15 is 0 Å². The molecule has 4 heteroatoms. The zero-order valence-electron chi connectivity index (χ0n) is 10.6. The lowest BCUT2D eigenvalue weighted by Crippen LogP contribution is -2.18. The summed E-state index contributed by atoms with van der Waals surface area (Å²) in [5.74, 6) is 0. The maximum Gasteiger partial charge on any atom is 0.0545 e. The van der Waals surface area contributed by atoms with Crippen molar-refractivity contribution in [2.24, 2.45) is 5.73 Å². The molecule has 2 aromatic carbocycles. The van der Waals surface area contributed by atoms with Crippen LogP contribution in [-0.4, -0.2) is 6.04 Å². The minimum absolute atomic E-state index is 0.145. The van der Waals surface area contributed by atoms with Gasteiger partial charge in [-0.2, -0.15) is 0 Å². The van der Waals surface area contributed by atoms with Crippen molar-refractivity contribution in [2.75, 3.05) is 0 Å². The van der Waals surface area contributed by atoms with E-state index in [0.717, 1.165) is 20.8 Å². The Kier molecular flexibility index (Phi) is 5.34. The third-order valence-electron chi connectivity index (χ3n) is 2.63. The van der Waals surface area contributed by atoms with Crippen molar-refractivity contribution in [3.8, 4) is 0 Å². The Morgan fingerprint density at radius 1 is 1.21 bits per heavy atom. The molecule has 0 fully saturated rings. The van der Waals surface area contributed by atoms with Crippen LogP contribution in [0.4, 0.5) is 0 Å². The van der Waals surface area contributed by atoms with Gasteiger partial charge in [0.1, 0.15) is 0 Å². The molecule has 0 bridgehead atoms. The number of hydrogen-bond donors (Lipinski definition) is 1. The quantitative estimate of drug-likeness (QED) is 0.820. The summed E-state index contributed by atoms with van der Waals surface area (Å²) in [6, 6.07) is 14.3. The van der Waals surface area contributed by atoms with E-state index in [4.69, 9.17) is 17.3 Å². The minimum Gasteiger partial charge on any atom is -0.328 e. The fraction of sp³-hybridized carbons (Fsp3) is 0.200. The van der Waals surface area contributed by atoms with Crippen LogP contribution in [0.2, 0.25) is 5.02 Å². The molecular formula is C15H15BrClNS. The first-order valence-corrected chi connectivity index (χ1v) is 8.01. The number of benzene rings is 2. The average molecular weight is 357 g/mol. The standard InChI is InChI=1S/C15H15BrClNS/c1-10(18)8-11-6-7-12(16)9-15(11)19-14-5-3-2-4-13(14)17/h2-7,9-10H,8,18H2,1H3. The summed E-state index contributed by atoms with van der Waals surface area (Å²) in [6.45, 7) is 2.02. The van der Waals surface area contributed by atoms with Gasteiger partial charge < -0.3 is 5.73 Å². The minimum atomic E-state index is 0.145. The highest BCUT2D eigenvalue weighted by Gasteiger charge is 2.09. The van der Waals surface area contributed by atoms with Gasteiger partial charge in [-0.15, -0.1) is 0 Å². The molecule has 0 saturated carbocycles. The van der Waals surface area contributed by atoms with E-state index in [0.29, 0.717) is 0 Å². The van der Waals surface area contributed by atoms with Crippen LogP contribution in [0.1, 0.15) is 12.5 Å². The smallest absolute Gasteiger partial charge is 0.0545 e. The van der Waals surface area contributed by atoms with E-state index in [2.05, 4.69) is 28.1 Å². The van der Waals surface area contributed by atoms with Crippen LogP contribution in [0.5, 0.6) is 0 Å². The van der Waals surface area contributed by atoms with Crippen LogP contribution in [0.3, 0.4) is 0 Å². The van der Waals surface area contributed by atoms with Crippen molar-refractivity contribution in [1.29, 1.82) is 0 Å². The monoisotopic (exact) mass is 355 g/mol. The van der Waals surface area contributed by atoms with Gasteiger partial charge in [0.15, 0.2) is 0 Å². The van der Waals surface area contributed by atoms with Crippen LogP contribution in [-0.2, 0) is 6.42 Å². The second kappa shape index (κ2) is 6.80. The molecule has 19 heavy (non-hydrogen) atoms. The second-order valence-electron chi connectivity index (χ2n) is 4.47. The molecular weight excluding hydrogens is 342 g/mol. The average Bonchev–Trinajstić information content (AvgIpc) is 2.35. The Labute approximate surface area is 131 Å². The Morgan fingerprint density at radius 2 is 1.95 bits per heavy atom. The predicted octanol–water partition coefficient (Wildman–Crippen LogP) is 5.14. The summed E-state index contributed by atoms with van der Waals surface area (Å²) in [6.07, 6.45) is 0.861. The molecule has 0 aromatic heterocycles. The summed E-state index contributed by atoms with van der Waals surface area (Å²) < 4.78 is 1.07. The van der Waals surface area contributed by atoms with E-state index in [1.165, 1.54) is 10.5 Å². The third kappa shape index (κ3) is 4.25. The lowest BCUT2D eigenvalue weighted by Gasteiger charge is -2.12. The maximum absolute atomic E-state index is 6.21. The van der Waals surface area contributed by atoms with Crippen LogP contribution in [0.15, 0.2) is 56.7 Å². The van der Waals surface area contributed by atoms with E-state index in [9.17, 15) is 0 Å². The van der Waals surface area contributed by atoms with Crippen LogP contribution >= 0.6 is 39.3 Å². The molecule has 0 heterocycles. The molecule has 1 unspecified atom stereocenters. The zero-order chi connectivity index (χ0) is 13.8. The van der Waals surface area contributed by atoms with Gasteiger partial charge >= 0.3 is 0 Å².